The molecule has 0 saturated carbocycles. The van der Waals surface area contributed by atoms with E-state index in [9.17, 15) is 9.59 Å². The first-order valence-corrected chi connectivity index (χ1v) is 13.7. The number of hydrogen-bond donors (Lipinski definition) is 0. The summed E-state index contributed by atoms with van der Waals surface area (Å²) in [6, 6.07) is 28.1. The molecule has 6 heteroatoms. The Balaban J connectivity index is 1.27. The van der Waals surface area contributed by atoms with Gasteiger partial charge in [-0.25, -0.2) is 4.79 Å². The molecule has 1 fully saturated rings. The molecule has 0 N–H and O–H groups in total. The molecule has 5 rings (SSSR count). The highest BCUT2D eigenvalue weighted by atomic mass is 16.6. The molecule has 0 bridgehead atoms. The third-order valence-corrected chi connectivity index (χ3v) is 7.06. The summed E-state index contributed by atoms with van der Waals surface area (Å²) in [5.74, 6) is 0.776. The van der Waals surface area contributed by atoms with Gasteiger partial charge in [0.05, 0.1) is 5.52 Å². The first kappa shape index (κ1) is 26.5. The molecule has 1 aromatic heterocycles. The zero-order valence-electron chi connectivity index (χ0n) is 22.9. The molecule has 4 aromatic rings. The monoisotopic (exact) mass is 524 g/mol. The number of benzene rings is 3. The molecular weight excluding hydrogens is 488 g/mol. The molecule has 39 heavy (non-hydrogen) atoms. The Morgan fingerprint density at radius 2 is 1.62 bits per heavy atom. The fourth-order valence-electron chi connectivity index (χ4n) is 5.13. The van der Waals surface area contributed by atoms with Gasteiger partial charge in [-0.3, -0.25) is 4.79 Å². The Kier molecular flexibility index (Phi) is 7.73. The minimum Gasteiger partial charge on any atom is -0.490 e. The lowest BCUT2D eigenvalue weighted by Gasteiger charge is -2.33. The molecule has 1 aliphatic rings. The Morgan fingerprint density at radius 3 is 2.36 bits per heavy atom. The zero-order valence-corrected chi connectivity index (χ0v) is 22.9. The average Bonchev–Trinajstić information content (AvgIpc) is 2.93. The van der Waals surface area contributed by atoms with Gasteiger partial charge in [0, 0.05) is 43.9 Å². The number of piperidine rings is 1. The minimum absolute atomic E-state index is 0.0112. The van der Waals surface area contributed by atoms with Gasteiger partial charge in [-0.05, 0) is 68.1 Å². The standard InChI is InChI=1S/C33H36N2O4/c1-33(2,3)39-32(37)34-20-18-27(19-21-34)38-28-14-15-30-26(23-28)13-16-31(36)35(30)22-17-25-11-7-8-12-29(25)24-9-5-4-6-10-24/h4-16,23,27H,17-22H2,1-3H3. The SMILES string of the molecule is CC(C)(C)OC(=O)N1CCC(Oc2ccc3c(ccc(=O)n3CCc3ccccc3-c3ccccc3)c2)CC1. The summed E-state index contributed by atoms with van der Waals surface area (Å²) in [4.78, 5) is 27.0. The Hall–Kier alpha value is -4.06. The van der Waals surface area contributed by atoms with Gasteiger partial charge in [-0.2, -0.15) is 0 Å². The molecule has 3 aromatic carbocycles. The molecular formula is C33H36N2O4. The molecule has 0 unspecified atom stereocenters. The van der Waals surface area contributed by atoms with Crippen LogP contribution < -0.4 is 10.3 Å². The molecule has 6 nitrogen and oxygen atoms in total. The van der Waals surface area contributed by atoms with Crippen molar-refractivity contribution >= 4 is 17.0 Å². The second kappa shape index (κ2) is 11.4. The fourth-order valence-corrected chi connectivity index (χ4v) is 5.13. The topological polar surface area (TPSA) is 60.8 Å². The number of ether oxygens (including phenoxy) is 2. The summed E-state index contributed by atoms with van der Waals surface area (Å²) in [6.45, 7) is 7.44. The third-order valence-electron chi connectivity index (χ3n) is 7.06. The van der Waals surface area contributed by atoms with Crippen LogP contribution in [-0.2, 0) is 17.7 Å². The van der Waals surface area contributed by atoms with E-state index in [0.717, 1.165) is 35.9 Å². The summed E-state index contributed by atoms with van der Waals surface area (Å²) in [5, 5.41) is 0.967. The summed E-state index contributed by atoms with van der Waals surface area (Å²) in [5.41, 5.74) is 3.97. The predicted octanol–water partition coefficient (Wildman–Crippen LogP) is 6.69. The molecule has 2 heterocycles. The third kappa shape index (κ3) is 6.51. The summed E-state index contributed by atoms with van der Waals surface area (Å²) < 4.78 is 13.6. The van der Waals surface area contributed by atoms with Crippen LogP contribution >= 0.6 is 0 Å². The van der Waals surface area contributed by atoms with Gasteiger partial charge in [0.2, 0.25) is 0 Å². The maximum Gasteiger partial charge on any atom is 0.410 e. The van der Waals surface area contributed by atoms with Gasteiger partial charge in [0.25, 0.3) is 5.56 Å². The lowest BCUT2D eigenvalue weighted by atomic mass is 9.98. The van der Waals surface area contributed by atoms with Crippen LogP contribution in [0.4, 0.5) is 4.79 Å². The minimum atomic E-state index is -0.498. The van der Waals surface area contributed by atoms with Gasteiger partial charge in [0.15, 0.2) is 0 Å². The van der Waals surface area contributed by atoms with E-state index < -0.39 is 5.60 Å². The van der Waals surface area contributed by atoms with E-state index in [4.69, 9.17) is 9.47 Å². The van der Waals surface area contributed by atoms with Crippen molar-refractivity contribution in [2.24, 2.45) is 0 Å². The molecule has 1 saturated heterocycles. The predicted molar refractivity (Wildman–Crippen MR) is 155 cm³/mol. The van der Waals surface area contributed by atoms with E-state index in [2.05, 4.69) is 36.4 Å². The maximum absolute atomic E-state index is 12.9. The Bertz CT molecular complexity index is 1500. The van der Waals surface area contributed by atoms with Crippen molar-refractivity contribution in [2.45, 2.75) is 58.3 Å². The number of carbonyl (C=O) groups excluding carboxylic acids is 1. The molecule has 0 spiro atoms. The second-order valence-electron chi connectivity index (χ2n) is 11.1. The fraction of sp³-hybridized carbons (Fsp3) is 0.333. The van der Waals surface area contributed by atoms with E-state index in [1.54, 1.807) is 11.0 Å². The Morgan fingerprint density at radius 1 is 0.897 bits per heavy atom. The number of nitrogens with zero attached hydrogens (tertiary/aromatic N) is 2. The highest BCUT2D eigenvalue weighted by Gasteiger charge is 2.27. The molecule has 0 atom stereocenters. The first-order valence-electron chi connectivity index (χ1n) is 13.7. The van der Waals surface area contributed by atoms with Gasteiger partial charge < -0.3 is 18.9 Å². The number of aromatic nitrogens is 1. The lowest BCUT2D eigenvalue weighted by Crippen LogP contribution is -2.44. The number of amides is 1. The smallest absolute Gasteiger partial charge is 0.410 e. The van der Waals surface area contributed by atoms with Crippen molar-refractivity contribution in [1.82, 2.24) is 9.47 Å². The quantitative estimate of drug-likeness (QED) is 0.282. The van der Waals surface area contributed by atoms with Crippen molar-refractivity contribution in [3.05, 3.63) is 101 Å². The van der Waals surface area contributed by atoms with Gasteiger partial charge in [0.1, 0.15) is 17.5 Å². The van der Waals surface area contributed by atoms with Crippen LogP contribution in [0.25, 0.3) is 22.0 Å². The largest absolute Gasteiger partial charge is 0.490 e. The summed E-state index contributed by atoms with van der Waals surface area (Å²) in [6.07, 6.45) is 2.01. The van der Waals surface area contributed by atoms with E-state index in [0.29, 0.717) is 19.6 Å². The highest BCUT2D eigenvalue weighted by molar-refractivity contribution is 5.80. The molecule has 0 aliphatic carbocycles. The number of carbonyl (C=O) groups is 1. The van der Waals surface area contributed by atoms with Crippen molar-refractivity contribution in [1.29, 1.82) is 0 Å². The van der Waals surface area contributed by atoms with E-state index in [-0.39, 0.29) is 17.8 Å². The average molecular weight is 525 g/mol. The van der Waals surface area contributed by atoms with Crippen molar-refractivity contribution in [3.63, 3.8) is 0 Å². The van der Waals surface area contributed by atoms with Gasteiger partial charge >= 0.3 is 6.09 Å². The second-order valence-corrected chi connectivity index (χ2v) is 11.1. The maximum atomic E-state index is 12.9. The summed E-state index contributed by atoms with van der Waals surface area (Å²) in [7, 11) is 0. The van der Waals surface area contributed by atoms with Crippen LogP contribution in [0.1, 0.15) is 39.2 Å². The molecule has 0 radical (unpaired) electrons. The summed E-state index contributed by atoms with van der Waals surface area (Å²) >= 11 is 0. The van der Waals surface area contributed by atoms with Crippen molar-refractivity contribution in [3.8, 4) is 16.9 Å². The van der Waals surface area contributed by atoms with Crippen LogP contribution in [-0.4, -0.2) is 40.4 Å². The number of fused-ring (bicyclic) bond motifs is 1. The number of hydrogen-bond acceptors (Lipinski definition) is 4. The number of rotatable bonds is 6. The molecule has 1 aliphatic heterocycles. The molecule has 202 valence electrons. The Labute approximate surface area is 229 Å². The van der Waals surface area contributed by atoms with E-state index in [1.807, 2.05) is 67.8 Å². The lowest BCUT2D eigenvalue weighted by molar-refractivity contribution is 0.0127. The normalized spacial score (nSPS) is 14.4. The van der Waals surface area contributed by atoms with Crippen LogP contribution in [0, 0.1) is 0 Å². The first-order chi connectivity index (χ1) is 18.8. The number of likely N-dealkylation sites (tertiary alicyclic amines) is 1. The highest BCUT2D eigenvalue weighted by Crippen LogP contribution is 2.26. The van der Waals surface area contributed by atoms with Crippen LogP contribution in [0.2, 0.25) is 0 Å². The van der Waals surface area contributed by atoms with Crippen LogP contribution in [0.15, 0.2) is 89.7 Å². The van der Waals surface area contributed by atoms with Crippen molar-refractivity contribution < 1.29 is 14.3 Å². The van der Waals surface area contributed by atoms with E-state index >= 15 is 0 Å². The van der Waals surface area contributed by atoms with Gasteiger partial charge in [-0.15, -0.1) is 0 Å². The van der Waals surface area contributed by atoms with Crippen molar-refractivity contribution in [2.75, 3.05) is 13.1 Å². The molecule has 1 amide bonds. The number of aryl methyl sites for hydroxylation is 2. The van der Waals surface area contributed by atoms with Crippen LogP contribution in [0.5, 0.6) is 5.75 Å². The van der Waals surface area contributed by atoms with E-state index in [1.165, 1.54) is 16.7 Å². The van der Waals surface area contributed by atoms with Gasteiger partial charge in [-0.1, -0.05) is 54.6 Å². The van der Waals surface area contributed by atoms with Crippen LogP contribution in [0.3, 0.4) is 0 Å². The zero-order chi connectivity index (χ0) is 27.4. The number of pyridine rings is 1.